The highest BCUT2D eigenvalue weighted by molar-refractivity contribution is 7.98. The molecule has 0 spiro atoms. The highest BCUT2D eigenvalue weighted by Crippen LogP contribution is 2.22. The zero-order valence-corrected chi connectivity index (χ0v) is 19.2. The lowest BCUT2D eigenvalue weighted by molar-refractivity contribution is -0.144. The van der Waals surface area contributed by atoms with Crippen molar-refractivity contribution in [3.8, 4) is 0 Å². The fraction of sp³-hybridized carbons (Fsp3) is 0.900. The Morgan fingerprint density at radius 3 is 1.18 bits per heavy atom. The van der Waals surface area contributed by atoms with Gasteiger partial charge in [0.05, 0.1) is 0 Å². The van der Waals surface area contributed by atoms with Crippen LogP contribution in [0.3, 0.4) is 0 Å². The Labute approximate surface area is 179 Å². The van der Waals surface area contributed by atoms with Gasteiger partial charge in [0, 0.05) is 0 Å². The van der Waals surface area contributed by atoms with Crippen LogP contribution < -0.4 is 11.5 Å². The van der Waals surface area contributed by atoms with E-state index in [1.54, 1.807) is 23.5 Å². The van der Waals surface area contributed by atoms with E-state index in [-0.39, 0.29) is 0 Å². The second-order valence-electron chi connectivity index (χ2n) is 7.74. The Balaban J connectivity index is 3.81. The third-order valence-electron chi connectivity index (χ3n) is 5.35. The van der Waals surface area contributed by atoms with Gasteiger partial charge in [0.1, 0.15) is 11.1 Å². The third kappa shape index (κ3) is 11.5. The molecule has 0 aliphatic rings. The minimum absolute atomic E-state index is 0.513. The number of unbranched alkanes of at least 4 members (excludes halogenated alkanes) is 7. The number of nitrogens with two attached hydrogens (primary N) is 2. The topological polar surface area (TPSA) is 127 Å². The molecular weight excluding hydrogens is 396 g/mol. The van der Waals surface area contributed by atoms with Crippen LogP contribution in [-0.4, -0.2) is 57.2 Å². The highest BCUT2D eigenvalue weighted by atomic mass is 32.2. The Bertz CT molecular complexity index is 414. The lowest BCUT2D eigenvalue weighted by atomic mass is 9.90. The standard InChI is InChI=1S/C20H40N2O4S2/c1-27-15-13-19(21,17(23)24)11-9-7-5-3-4-6-8-10-12-20(22,18(25)26)14-16-28-2/h3-16,21-22H2,1-2H3,(H,23,24)(H,25,26). The van der Waals surface area contributed by atoms with Gasteiger partial charge >= 0.3 is 11.9 Å². The van der Waals surface area contributed by atoms with Gasteiger partial charge in [-0.05, 0) is 49.7 Å². The summed E-state index contributed by atoms with van der Waals surface area (Å²) in [5.74, 6) is -0.245. The molecule has 0 aromatic carbocycles. The fourth-order valence-electron chi connectivity index (χ4n) is 3.19. The normalized spacial score (nSPS) is 15.7. The van der Waals surface area contributed by atoms with Gasteiger partial charge in [0.25, 0.3) is 0 Å². The van der Waals surface area contributed by atoms with Crippen molar-refractivity contribution in [1.29, 1.82) is 0 Å². The van der Waals surface area contributed by atoms with Crippen LogP contribution in [0.5, 0.6) is 0 Å². The van der Waals surface area contributed by atoms with E-state index >= 15 is 0 Å². The molecule has 0 fully saturated rings. The monoisotopic (exact) mass is 436 g/mol. The molecule has 0 heterocycles. The third-order valence-corrected chi connectivity index (χ3v) is 6.58. The summed E-state index contributed by atoms with van der Waals surface area (Å²) < 4.78 is 0. The zero-order valence-electron chi connectivity index (χ0n) is 17.6. The number of aliphatic carboxylic acids is 2. The maximum Gasteiger partial charge on any atom is 0.323 e. The minimum Gasteiger partial charge on any atom is -0.480 e. The molecular formula is C20H40N2O4S2. The molecule has 2 atom stereocenters. The van der Waals surface area contributed by atoms with Crippen molar-refractivity contribution in [3.05, 3.63) is 0 Å². The summed E-state index contributed by atoms with van der Waals surface area (Å²) in [5.41, 5.74) is 9.92. The van der Waals surface area contributed by atoms with Gasteiger partial charge in [-0.2, -0.15) is 23.5 Å². The van der Waals surface area contributed by atoms with Gasteiger partial charge in [-0.3, -0.25) is 9.59 Å². The van der Waals surface area contributed by atoms with Crippen LogP contribution in [0.25, 0.3) is 0 Å². The molecule has 6 nitrogen and oxygen atoms in total. The Morgan fingerprint density at radius 1 is 0.643 bits per heavy atom. The first-order chi connectivity index (χ1) is 13.2. The smallest absolute Gasteiger partial charge is 0.323 e. The summed E-state index contributed by atoms with van der Waals surface area (Å²) in [7, 11) is 0. The lowest BCUT2D eigenvalue weighted by Gasteiger charge is -2.24. The molecule has 28 heavy (non-hydrogen) atoms. The molecule has 8 heteroatoms. The molecule has 0 rings (SSSR count). The summed E-state index contributed by atoms with van der Waals surface area (Å²) in [6, 6.07) is 0. The zero-order chi connectivity index (χ0) is 21.5. The number of carboxylic acids is 2. The van der Waals surface area contributed by atoms with Crippen LogP contribution in [0.4, 0.5) is 0 Å². The van der Waals surface area contributed by atoms with E-state index in [1.807, 2.05) is 12.5 Å². The van der Waals surface area contributed by atoms with Crippen molar-refractivity contribution < 1.29 is 19.8 Å². The molecule has 6 N–H and O–H groups in total. The SMILES string of the molecule is CSCCC(N)(CCCCCCCCCCC(N)(CCSC)C(=O)O)C(=O)O. The van der Waals surface area contributed by atoms with E-state index in [4.69, 9.17) is 11.5 Å². The first-order valence-electron chi connectivity index (χ1n) is 10.2. The van der Waals surface area contributed by atoms with Crippen LogP contribution in [-0.2, 0) is 9.59 Å². The maximum absolute atomic E-state index is 11.4. The number of rotatable bonds is 19. The molecule has 0 saturated carbocycles. The van der Waals surface area contributed by atoms with Crippen LogP contribution in [0.1, 0.15) is 77.0 Å². The van der Waals surface area contributed by atoms with Crippen LogP contribution >= 0.6 is 23.5 Å². The van der Waals surface area contributed by atoms with Crippen molar-refractivity contribution in [2.75, 3.05) is 24.0 Å². The lowest BCUT2D eigenvalue weighted by Crippen LogP contribution is -2.48. The van der Waals surface area contributed by atoms with E-state index in [1.165, 1.54) is 0 Å². The van der Waals surface area contributed by atoms with Crippen LogP contribution in [0.2, 0.25) is 0 Å². The Hall–Kier alpha value is -0.440. The number of hydrogen-bond acceptors (Lipinski definition) is 6. The van der Waals surface area contributed by atoms with Gasteiger partial charge in [0.15, 0.2) is 0 Å². The summed E-state index contributed by atoms with van der Waals surface area (Å²) in [6.45, 7) is 0. The summed E-state index contributed by atoms with van der Waals surface area (Å²) in [6.07, 6.45) is 14.1. The first kappa shape index (κ1) is 27.6. The summed E-state index contributed by atoms with van der Waals surface area (Å²) in [4.78, 5) is 22.8. The molecule has 0 aromatic rings. The van der Waals surface area contributed by atoms with Crippen molar-refractivity contribution >= 4 is 35.5 Å². The van der Waals surface area contributed by atoms with Crippen molar-refractivity contribution in [3.63, 3.8) is 0 Å². The highest BCUT2D eigenvalue weighted by Gasteiger charge is 2.33. The fourth-order valence-corrected chi connectivity index (χ4v) is 4.32. The molecule has 0 bridgehead atoms. The Kier molecular flexibility index (Phi) is 15.2. The van der Waals surface area contributed by atoms with Gasteiger partial charge in [0.2, 0.25) is 0 Å². The molecule has 0 saturated heterocycles. The van der Waals surface area contributed by atoms with E-state index < -0.39 is 23.0 Å². The summed E-state index contributed by atoms with van der Waals surface area (Å²) >= 11 is 3.25. The van der Waals surface area contributed by atoms with Crippen LogP contribution in [0, 0.1) is 0 Å². The summed E-state index contributed by atoms with van der Waals surface area (Å²) in [5, 5.41) is 18.7. The van der Waals surface area contributed by atoms with E-state index in [2.05, 4.69) is 0 Å². The quantitative estimate of drug-likeness (QED) is 0.224. The average molecular weight is 437 g/mol. The number of carbonyl (C=O) groups is 2. The van der Waals surface area contributed by atoms with Gasteiger partial charge < -0.3 is 21.7 Å². The average Bonchev–Trinajstić information content (AvgIpc) is 2.65. The molecule has 0 aromatic heterocycles. The molecule has 0 radical (unpaired) electrons. The second-order valence-corrected chi connectivity index (χ2v) is 9.71. The molecule has 0 amide bonds. The number of carboxylic acid groups (broad SMARTS) is 2. The second kappa shape index (κ2) is 15.4. The van der Waals surface area contributed by atoms with Gasteiger partial charge in [-0.1, -0.05) is 51.4 Å². The minimum atomic E-state index is -1.09. The first-order valence-corrected chi connectivity index (χ1v) is 13.0. The van der Waals surface area contributed by atoms with Crippen LogP contribution in [0.15, 0.2) is 0 Å². The van der Waals surface area contributed by atoms with Gasteiger partial charge in [-0.15, -0.1) is 0 Å². The van der Waals surface area contributed by atoms with Gasteiger partial charge in [-0.25, -0.2) is 0 Å². The maximum atomic E-state index is 11.4. The number of hydrogen-bond donors (Lipinski definition) is 4. The Morgan fingerprint density at radius 2 is 0.929 bits per heavy atom. The predicted molar refractivity (Wildman–Crippen MR) is 121 cm³/mol. The van der Waals surface area contributed by atoms with Crippen molar-refractivity contribution in [2.45, 2.75) is 88.1 Å². The predicted octanol–water partition coefficient (Wildman–Crippen LogP) is 3.96. The molecule has 0 aliphatic carbocycles. The molecule has 2 unspecified atom stereocenters. The van der Waals surface area contributed by atoms with E-state index in [9.17, 15) is 19.8 Å². The van der Waals surface area contributed by atoms with E-state index in [0.29, 0.717) is 25.7 Å². The number of thioether (sulfide) groups is 2. The van der Waals surface area contributed by atoms with E-state index in [0.717, 1.165) is 62.9 Å². The largest absolute Gasteiger partial charge is 0.480 e. The van der Waals surface area contributed by atoms with Crippen molar-refractivity contribution in [2.24, 2.45) is 11.5 Å². The molecule has 166 valence electrons. The molecule has 0 aliphatic heterocycles. The van der Waals surface area contributed by atoms with Crippen molar-refractivity contribution in [1.82, 2.24) is 0 Å².